The third-order valence-electron chi connectivity index (χ3n) is 4.59. The van der Waals surface area contributed by atoms with Crippen LogP contribution < -0.4 is 19.1 Å². The zero-order chi connectivity index (χ0) is 22.4. The Labute approximate surface area is 182 Å². The fourth-order valence-electron chi connectivity index (χ4n) is 3.02. The Morgan fingerprint density at radius 3 is 2.23 bits per heavy atom. The third kappa shape index (κ3) is 5.16. The highest BCUT2D eigenvalue weighted by atomic mass is 32.2. The second-order valence-corrected chi connectivity index (χ2v) is 8.61. The van der Waals surface area contributed by atoms with Crippen LogP contribution in [-0.2, 0) is 14.8 Å². The summed E-state index contributed by atoms with van der Waals surface area (Å²) in [5, 5.41) is 2.73. The molecule has 0 saturated carbocycles. The Bertz CT molecular complexity index is 1150. The molecular weight excluding hydrogens is 416 g/mol. The van der Waals surface area contributed by atoms with Gasteiger partial charge in [-0.15, -0.1) is 0 Å². The lowest BCUT2D eigenvalue weighted by Crippen LogP contribution is -2.38. The Balaban J connectivity index is 1.95. The van der Waals surface area contributed by atoms with Crippen LogP contribution in [0.3, 0.4) is 0 Å². The standard InChI is InChI=1S/C23H24N2O5S/c1-17-9-14-21(30-3)22(15-17)31(27,28)25(19-7-5-4-6-8-19)16-23(26)24-18-10-12-20(29-2)13-11-18/h4-15H,16H2,1-3H3,(H,24,26). The fourth-order valence-corrected chi connectivity index (χ4v) is 4.68. The summed E-state index contributed by atoms with van der Waals surface area (Å²) in [5.41, 5.74) is 1.66. The number of rotatable bonds is 8. The average molecular weight is 441 g/mol. The molecule has 0 radical (unpaired) electrons. The summed E-state index contributed by atoms with van der Waals surface area (Å²) < 4.78 is 38.6. The minimum atomic E-state index is -4.09. The molecule has 1 N–H and O–H groups in total. The van der Waals surface area contributed by atoms with Crippen molar-refractivity contribution in [2.75, 3.05) is 30.4 Å². The molecule has 0 saturated heterocycles. The largest absolute Gasteiger partial charge is 0.497 e. The molecule has 3 aromatic carbocycles. The molecule has 0 aliphatic heterocycles. The van der Waals surface area contributed by atoms with E-state index in [1.54, 1.807) is 80.8 Å². The number of carbonyl (C=O) groups is 1. The Morgan fingerprint density at radius 1 is 0.935 bits per heavy atom. The maximum absolute atomic E-state index is 13.6. The van der Waals surface area contributed by atoms with Crippen LogP contribution in [0.15, 0.2) is 77.7 Å². The molecule has 8 heteroatoms. The quantitative estimate of drug-likeness (QED) is 0.575. The maximum atomic E-state index is 13.6. The zero-order valence-corrected chi connectivity index (χ0v) is 18.3. The first-order valence-corrected chi connectivity index (χ1v) is 11.0. The predicted octanol–water partition coefficient (Wildman–Crippen LogP) is 3.85. The summed E-state index contributed by atoms with van der Waals surface area (Å²) >= 11 is 0. The first-order chi connectivity index (χ1) is 14.8. The molecular formula is C23H24N2O5S. The fraction of sp³-hybridized carbons (Fsp3) is 0.174. The van der Waals surface area contributed by atoms with E-state index in [0.29, 0.717) is 17.1 Å². The van der Waals surface area contributed by atoms with E-state index in [1.165, 1.54) is 13.2 Å². The van der Waals surface area contributed by atoms with Crippen molar-refractivity contribution in [1.29, 1.82) is 0 Å². The lowest BCUT2D eigenvalue weighted by Gasteiger charge is -2.25. The first kappa shape index (κ1) is 22.2. The molecule has 0 unspecified atom stereocenters. The molecule has 0 bridgehead atoms. The van der Waals surface area contributed by atoms with E-state index >= 15 is 0 Å². The van der Waals surface area contributed by atoms with Crippen LogP contribution in [0, 0.1) is 6.92 Å². The van der Waals surface area contributed by atoms with Gasteiger partial charge in [0.2, 0.25) is 5.91 Å². The summed E-state index contributed by atoms with van der Waals surface area (Å²) in [6.45, 7) is 1.39. The van der Waals surface area contributed by atoms with Crippen molar-refractivity contribution in [2.24, 2.45) is 0 Å². The number of anilines is 2. The normalized spacial score (nSPS) is 10.9. The molecule has 1 amide bonds. The molecule has 0 aliphatic rings. The van der Waals surface area contributed by atoms with Crippen molar-refractivity contribution in [3.8, 4) is 11.5 Å². The Hall–Kier alpha value is -3.52. The van der Waals surface area contributed by atoms with E-state index in [1.807, 2.05) is 0 Å². The van der Waals surface area contributed by atoms with E-state index in [4.69, 9.17) is 9.47 Å². The first-order valence-electron chi connectivity index (χ1n) is 9.51. The number of carbonyl (C=O) groups excluding carboxylic acids is 1. The third-order valence-corrected chi connectivity index (χ3v) is 6.39. The van der Waals surface area contributed by atoms with Gasteiger partial charge in [-0.2, -0.15) is 0 Å². The van der Waals surface area contributed by atoms with Gasteiger partial charge in [-0.05, 0) is 61.0 Å². The van der Waals surface area contributed by atoms with Crippen molar-refractivity contribution in [3.05, 3.63) is 78.4 Å². The zero-order valence-electron chi connectivity index (χ0n) is 17.5. The van der Waals surface area contributed by atoms with Gasteiger partial charge in [0.1, 0.15) is 22.9 Å². The van der Waals surface area contributed by atoms with E-state index < -0.39 is 22.5 Å². The number of hydrogen-bond donors (Lipinski definition) is 1. The molecule has 162 valence electrons. The number of aryl methyl sites for hydroxylation is 1. The van der Waals surface area contributed by atoms with Gasteiger partial charge in [-0.25, -0.2) is 8.42 Å². The van der Waals surface area contributed by atoms with Crippen LogP contribution in [0.2, 0.25) is 0 Å². The number of benzene rings is 3. The Morgan fingerprint density at radius 2 is 1.61 bits per heavy atom. The molecule has 3 aromatic rings. The average Bonchev–Trinajstić information content (AvgIpc) is 2.78. The van der Waals surface area contributed by atoms with Gasteiger partial charge in [-0.3, -0.25) is 9.10 Å². The van der Waals surface area contributed by atoms with Crippen molar-refractivity contribution in [1.82, 2.24) is 0 Å². The molecule has 0 heterocycles. The van der Waals surface area contributed by atoms with Gasteiger partial charge in [0.05, 0.1) is 19.9 Å². The van der Waals surface area contributed by atoms with Gasteiger partial charge >= 0.3 is 0 Å². The molecule has 31 heavy (non-hydrogen) atoms. The van der Waals surface area contributed by atoms with Crippen LogP contribution in [0.25, 0.3) is 0 Å². The van der Waals surface area contributed by atoms with Gasteiger partial charge in [0.15, 0.2) is 0 Å². The van der Waals surface area contributed by atoms with Gasteiger partial charge < -0.3 is 14.8 Å². The van der Waals surface area contributed by atoms with E-state index in [0.717, 1.165) is 9.87 Å². The van der Waals surface area contributed by atoms with Crippen molar-refractivity contribution in [3.63, 3.8) is 0 Å². The number of amides is 1. The number of nitrogens with one attached hydrogen (secondary N) is 1. The SMILES string of the molecule is COc1ccc(NC(=O)CN(c2ccccc2)S(=O)(=O)c2cc(C)ccc2OC)cc1. The lowest BCUT2D eigenvalue weighted by molar-refractivity contribution is -0.114. The summed E-state index contributed by atoms with van der Waals surface area (Å²) in [4.78, 5) is 12.8. The van der Waals surface area contributed by atoms with Crippen LogP contribution in [0.4, 0.5) is 11.4 Å². The highest BCUT2D eigenvalue weighted by Gasteiger charge is 2.30. The van der Waals surface area contributed by atoms with Gasteiger partial charge in [0, 0.05) is 5.69 Å². The number of methoxy groups -OCH3 is 2. The highest BCUT2D eigenvalue weighted by molar-refractivity contribution is 7.93. The van der Waals surface area contributed by atoms with Crippen LogP contribution in [0.5, 0.6) is 11.5 Å². The molecule has 3 rings (SSSR count). The van der Waals surface area contributed by atoms with E-state index in [-0.39, 0.29) is 10.6 Å². The number of ether oxygens (including phenoxy) is 2. The highest BCUT2D eigenvalue weighted by Crippen LogP contribution is 2.30. The number of hydrogen-bond acceptors (Lipinski definition) is 5. The smallest absolute Gasteiger partial charge is 0.268 e. The van der Waals surface area contributed by atoms with Gasteiger partial charge in [-0.1, -0.05) is 24.3 Å². The van der Waals surface area contributed by atoms with E-state index in [9.17, 15) is 13.2 Å². The molecule has 7 nitrogen and oxygen atoms in total. The predicted molar refractivity (Wildman–Crippen MR) is 120 cm³/mol. The number of nitrogens with zero attached hydrogens (tertiary/aromatic N) is 1. The summed E-state index contributed by atoms with van der Waals surface area (Å²) in [6.07, 6.45) is 0. The molecule has 0 aromatic heterocycles. The van der Waals surface area contributed by atoms with E-state index in [2.05, 4.69) is 5.32 Å². The molecule has 0 spiro atoms. The van der Waals surface area contributed by atoms with Crippen LogP contribution in [0.1, 0.15) is 5.56 Å². The maximum Gasteiger partial charge on any atom is 0.268 e. The molecule has 0 fully saturated rings. The topological polar surface area (TPSA) is 84.9 Å². The number of sulfonamides is 1. The number of para-hydroxylation sites is 1. The minimum absolute atomic E-state index is 0.00361. The van der Waals surface area contributed by atoms with Crippen LogP contribution in [-0.4, -0.2) is 35.1 Å². The summed E-state index contributed by atoms with van der Waals surface area (Å²) in [5.74, 6) is 0.379. The van der Waals surface area contributed by atoms with Crippen molar-refractivity contribution >= 4 is 27.3 Å². The summed E-state index contributed by atoms with van der Waals surface area (Å²) in [6, 6.07) is 20.2. The van der Waals surface area contributed by atoms with Crippen molar-refractivity contribution < 1.29 is 22.7 Å². The second-order valence-electron chi connectivity index (χ2n) is 6.78. The van der Waals surface area contributed by atoms with Crippen LogP contribution >= 0.6 is 0 Å². The minimum Gasteiger partial charge on any atom is -0.497 e. The summed E-state index contributed by atoms with van der Waals surface area (Å²) in [7, 11) is -1.13. The molecule has 0 aliphatic carbocycles. The van der Waals surface area contributed by atoms with Crippen molar-refractivity contribution in [2.45, 2.75) is 11.8 Å². The second kappa shape index (κ2) is 9.53. The monoisotopic (exact) mass is 440 g/mol. The molecule has 0 atom stereocenters. The van der Waals surface area contributed by atoms with Gasteiger partial charge in [0.25, 0.3) is 10.0 Å². The Kier molecular flexibility index (Phi) is 6.81. The lowest BCUT2D eigenvalue weighted by atomic mass is 10.2.